The Morgan fingerprint density at radius 3 is 2.80 bits per heavy atom. The van der Waals surface area contributed by atoms with Gasteiger partial charge in [0.1, 0.15) is 0 Å². The minimum atomic E-state index is -0.228. The van der Waals surface area contributed by atoms with Crippen LogP contribution in [0.25, 0.3) is 0 Å². The van der Waals surface area contributed by atoms with Crippen LogP contribution in [0.2, 0.25) is 0 Å². The fraction of sp³-hybridized carbons (Fsp3) is 0.833. The molecule has 0 bridgehead atoms. The van der Waals surface area contributed by atoms with Gasteiger partial charge in [-0.25, -0.2) is 0 Å². The van der Waals surface area contributed by atoms with Crippen molar-refractivity contribution in [3.8, 4) is 0 Å². The predicted molar refractivity (Wildman–Crippen MR) is 82.4 cm³/mol. The van der Waals surface area contributed by atoms with Gasteiger partial charge in [0.05, 0.1) is 6.10 Å². The minimum Gasteiger partial charge on any atom is -0.393 e. The van der Waals surface area contributed by atoms with Gasteiger partial charge >= 0.3 is 0 Å². The van der Waals surface area contributed by atoms with Crippen molar-refractivity contribution in [2.45, 2.75) is 72.3 Å². The number of hydrogen-bond acceptors (Lipinski definition) is 2. The van der Waals surface area contributed by atoms with Gasteiger partial charge < -0.3 is 5.11 Å². The van der Waals surface area contributed by atoms with Gasteiger partial charge in [-0.15, -0.1) is 0 Å². The summed E-state index contributed by atoms with van der Waals surface area (Å²) in [6, 6.07) is 0. The smallest absolute Gasteiger partial charge is 0.164 e. The number of fused-ring (bicyclic) bond motifs is 1. The van der Waals surface area contributed by atoms with E-state index in [0.29, 0.717) is 17.6 Å². The zero-order valence-electron chi connectivity index (χ0n) is 13.5. The lowest BCUT2D eigenvalue weighted by Crippen LogP contribution is -2.50. The van der Waals surface area contributed by atoms with E-state index in [1.54, 1.807) is 0 Å². The van der Waals surface area contributed by atoms with Crippen LogP contribution in [0.5, 0.6) is 0 Å². The van der Waals surface area contributed by atoms with E-state index in [0.717, 1.165) is 37.7 Å². The predicted octanol–water partition coefficient (Wildman–Crippen LogP) is 4.13. The molecule has 1 N–H and O–H groups in total. The largest absolute Gasteiger partial charge is 0.393 e. The third-order valence-corrected chi connectivity index (χ3v) is 5.78. The zero-order chi connectivity index (χ0) is 14.9. The maximum Gasteiger partial charge on any atom is 0.164 e. The number of Topliss-reactive ketones (excluding diaryl/α,β-unsaturated/α-hetero) is 1. The maximum absolute atomic E-state index is 12.9. The van der Waals surface area contributed by atoms with E-state index < -0.39 is 0 Å². The minimum absolute atomic E-state index is 0.217. The Labute approximate surface area is 123 Å². The molecule has 2 fully saturated rings. The molecule has 2 nitrogen and oxygen atoms in total. The summed E-state index contributed by atoms with van der Waals surface area (Å²) in [5.74, 6) is 1.49. The molecule has 2 aliphatic rings. The molecule has 2 saturated carbocycles. The average molecular weight is 278 g/mol. The Bertz CT molecular complexity index is 398. The second-order valence-corrected chi connectivity index (χ2v) is 7.31. The number of aliphatic hydroxyl groups excluding tert-OH is 1. The normalized spacial score (nSPS) is 41.5. The van der Waals surface area contributed by atoms with E-state index in [2.05, 4.69) is 33.8 Å². The van der Waals surface area contributed by atoms with Crippen molar-refractivity contribution in [1.29, 1.82) is 0 Å². The number of allylic oxidation sites excluding steroid dienone is 2. The summed E-state index contributed by atoms with van der Waals surface area (Å²) in [7, 11) is 0. The van der Waals surface area contributed by atoms with Crippen molar-refractivity contribution in [1.82, 2.24) is 0 Å². The Hall–Kier alpha value is -0.630. The van der Waals surface area contributed by atoms with Crippen LogP contribution in [0.3, 0.4) is 0 Å². The number of carbonyl (C=O) groups excluding carboxylic acids is 1. The average Bonchev–Trinajstić information content (AvgIpc) is 2.40. The molecule has 2 heteroatoms. The Balaban J connectivity index is 2.20. The number of carbonyl (C=O) groups is 1. The molecule has 0 aliphatic heterocycles. The Kier molecular flexibility index (Phi) is 4.73. The fourth-order valence-electron chi connectivity index (χ4n) is 4.44. The second-order valence-electron chi connectivity index (χ2n) is 7.31. The summed E-state index contributed by atoms with van der Waals surface area (Å²) in [6.45, 7) is 8.67. The van der Waals surface area contributed by atoms with E-state index in [1.807, 2.05) is 0 Å². The number of ketones is 1. The van der Waals surface area contributed by atoms with Crippen molar-refractivity contribution in [2.75, 3.05) is 0 Å². The highest BCUT2D eigenvalue weighted by Gasteiger charge is 2.51. The van der Waals surface area contributed by atoms with Crippen molar-refractivity contribution < 1.29 is 9.90 Å². The first kappa shape index (κ1) is 15.8. The highest BCUT2D eigenvalue weighted by molar-refractivity contribution is 6.00. The lowest BCUT2D eigenvalue weighted by atomic mass is 9.54. The lowest BCUT2D eigenvalue weighted by Gasteiger charge is -2.49. The van der Waals surface area contributed by atoms with Crippen LogP contribution in [-0.2, 0) is 4.79 Å². The van der Waals surface area contributed by atoms with Gasteiger partial charge in [0.25, 0.3) is 0 Å². The van der Waals surface area contributed by atoms with Gasteiger partial charge in [0.15, 0.2) is 5.78 Å². The van der Waals surface area contributed by atoms with Crippen LogP contribution >= 0.6 is 0 Å². The molecular weight excluding hydrogens is 248 g/mol. The standard InChI is InChI=1S/C18H30O2/c1-5-6-12(2)11-14-7-8-15-13(3)16(19)9-10-18(15,4)17(14)20/h11-13,15-16,19H,5-10H2,1-4H3/b14-11+/t12?,13-,15?,16?,18-/m0/s1. The second kappa shape index (κ2) is 6.01. The third kappa shape index (κ3) is 2.72. The molecule has 0 heterocycles. The number of rotatable bonds is 3. The fourth-order valence-corrected chi connectivity index (χ4v) is 4.44. The first-order chi connectivity index (χ1) is 9.40. The molecule has 2 aliphatic carbocycles. The molecular formula is C18H30O2. The summed E-state index contributed by atoms with van der Waals surface area (Å²) in [6.07, 6.45) is 7.93. The highest BCUT2D eigenvalue weighted by Crippen LogP contribution is 2.52. The SMILES string of the molecule is CCCC(C)/C=C1\CCC2[C@H](C)C(O)CC[C@]2(C)C1=O. The molecule has 2 rings (SSSR count). The molecule has 114 valence electrons. The molecule has 3 unspecified atom stereocenters. The van der Waals surface area contributed by atoms with Crippen LogP contribution in [-0.4, -0.2) is 17.0 Å². The van der Waals surface area contributed by atoms with Crippen LogP contribution in [0.15, 0.2) is 11.6 Å². The van der Waals surface area contributed by atoms with Crippen LogP contribution < -0.4 is 0 Å². The van der Waals surface area contributed by atoms with E-state index >= 15 is 0 Å². The highest BCUT2D eigenvalue weighted by atomic mass is 16.3. The molecule has 0 aromatic rings. The van der Waals surface area contributed by atoms with Gasteiger partial charge in [0, 0.05) is 5.41 Å². The van der Waals surface area contributed by atoms with Crippen LogP contribution in [0, 0.1) is 23.2 Å². The summed E-state index contributed by atoms with van der Waals surface area (Å²) in [5.41, 5.74) is 0.836. The third-order valence-electron chi connectivity index (χ3n) is 5.78. The van der Waals surface area contributed by atoms with Gasteiger partial charge in [-0.3, -0.25) is 4.79 Å². The van der Waals surface area contributed by atoms with Crippen LogP contribution in [0.1, 0.15) is 66.2 Å². The maximum atomic E-state index is 12.9. The van der Waals surface area contributed by atoms with Crippen molar-refractivity contribution in [3.05, 3.63) is 11.6 Å². The van der Waals surface area contributed by atoms with Gasteiger partial charge in [-0.2, -0.15) is 0 Å². The van der Waals surface area contributed by atoms with Crippen LogP contribution in [0.4, 0.5) is 0 Å². The molecule has 0 spiro atoms. The molecule has 0 aromatic heterocycles. The van der Waals surface area contributed by atoms with Crippen molar-refractivity contribution >= 4 is 5.78 Å². The van der Waals surface area contributed by atoms with E-state index in [1.165, 1.54) is 6.42 Å². The van der Waals surface area contributed by atoms with E-state index in [-0.39, 0.29) is 17.4 Å². The Morgan fingerprint density at radius 1 is 1.45 bits per heavy atom. The molecule has 5 atom stereocenters. The molecule has 0 saturated heterocycles. The van der Waals surface area contributed by atoms with Gasteiger partial charge in [-0.1, -0.05) is 40.2 Å². The summed E-state index contributed by atoms with van der Waals surface area (Å²) >= 11 is 0. The first-order valence-electron chi connectivity index (χ1n) is 8.33. The number of hydrogen-bond donors (Lipinski definition) is 1. The summed E-state index contributed by atoms with van der Waals surface area (Å²) < 4.78 is 0. The topological polar surface area (TPSA) is 37.3 Å². The first-order valence-corrected chi connectivity index (χ1v) is 8.33. The van der Waals surface area contributed by atoms with Crippen molar-refractivity contribution in [2.24, 2.45) is 23.2 Å². The Morgan fingerprint density at radius 2 is 2.15 bits per heavy atom. The van der Waals surface area contributed by atoms with E-state index in [9.17, 15) is 9.90 Å². The molecule has 0 aromatic carbocycles. The monoisotopic (exact) mass is 278 g/mol. The summed E-state index contributed by atoms with van der Waals surface area (Å²) in [4.78, 5) is 12.9. The van der Waals surface area contributed by atoms with E-state index in [4.69, 9.17) is 0 Å². The number of aliphatic hydroxyl groups is 1. The quantitative estimate of drug-likeness (QED) is 0.788. The van der Waals surface area contributed by atoms with Gasteiger partial charge in [-0.05, 0) is 55.4 Å². The molecule has 0 radical (unpaired) electrons. The summed E-state index contributed by atoms with van der Waals surface area (Å²) in [5, 5.41) is 10.1. The van der Waals surface area contributed by atoms with Gasteiger partial charge in [0.2, 0.25) is 0 Å². The zero-order valence-corrected chi connectivity index (χ0v) is 13.5. The molecule has 0 amide bonds. The van der Waals surface area contributed by atoms with Crippen molar-refractivity contribution in [3.63, 3.8) is 0 Å². The molecule has 20 heavy (non-hydrogen) atoms. The lowest BCUT2D eigenvalue weighted by molar-refractivity contribution is -0.138.